The van der Waals surface area contributed by atoms with E-state index in [-0.39, 0.29) is 23.9 Å². The first kappa shape index (κ1) is 26.3. The zero-order valence-corrected chi connectivity index (χ0v) is 15.1. The Balaban J connectivity index is 2.27. The minimum atomic E-state index is -8.10. The number of nitrogens with zero attached hydrogens (tertiary/aromatic N) is 1. The second-order valence-electron chi connectivity index (χ2n) is 6.18. The van der Waals surface area contributed by atoms with E-state index in [9.17, 15) is 61.9 Å². The second kappa shape index (κ2) is 7.82. The summed E-state index contributed by atoms with van der Waals surface area (Å²) in [5, 5.41) is 2.68. The number of halogens is 13. The van der Waals surface area contributed by atoms with E-state index in [4.69, 9.17) is 9.47 Å². The number of nitrogens with one attached hydrogen (secondary N) is 1. The van der Waals surface area contributed by atoms with E-state index < -0.39 is 41.7 Å². The lowest BCUT2D eigenvalue weighted by molar-refractivity contribution is -0.436. The molecule has 1 aliphatic rings. The van der Waals surface area contributed by atoms with Gasteiger partial charge in [0.15, 0.2) is 11.5 Å². The average Bonchev–Trinajstić information content (AvgIpc) is 3.14. The van der Waals surface area contributed by atoms with Gasteiger partial charge < -0.3 is 9.47 Å². The molecule has 0 aromatic heterocycles. The molecule has 0 unspecified atom stereocenters. The van der Waals surface area contributed by atoms with Crippen LogP contribution >= 0.6 is 0 Å². The van der Waals surface area contributed by atoms with Crippen LogP contribution in [0.1, 0.15) is 5.56 Å². The summed E-state index contributed by atoms with van der Waals surface area (Å²) in [6, 6.07) is 3.49. The third-order valence-corrected chi connectivity index (χ3v) is 3.99. The highest BCUT2D eigenvalue weighted by Crippen LogP contribution is 2.60. The lowest BCUT2D eigenvalue weighted by Crippen LogP contribution is -2.71. The van der Waals surface area contributed by atoms with Crippen molar-refractivity contribution in [3.63, 3.8) is 0 Å². The van der Waals surface area contributed by atoms with E-state index in [0.29, 0.717) is 11.6 Å². The van der Waals surface area contributed by atoms with Crippen LogP contribution in [-0.4, -0.2) is 54.7 Å². The summed E-state index contributed by atoms with van der Waals surface area (Å²) in [5.41, 5.74) is 0.492. The van der Waals surface area contributed by atoms with Crippen LogP contribution in [0.25, 0.3) is 0 Å². The van der Waals surface area contributed by atoms with Gasteiger partial charge in [-0.05, 0) is 23.8 Å². The number of carbonyl (C=O) groups excluding carboxylic acids is 1. The standard InChI is InChI=1S/C15H7F13N2O3/c16-10(17,9(31)30-29-4-6-1-2-7-8(3-6)33-5-32-7)11(18,19)12(20,21)13(22,23)14(24,25)15(26,27)28/h1-4H,5H2,(H,30,31). The van der Waals surface area contributed by atoms with Crippen LogP contribution in [0.3, 0.4) is 0 Å². The van der Waals surface area contributed by atoms with Gasteiger partial charge in [0.2, 0.25) is 6.79 Å². The quantitative estimate of drug-likeness (QED) is 0.332. The molecule has 33 heavy (non-hydrogen) atoms. The van der Waals surface area contributed by atoms with Crippen molar-refractivity contribution in [2.24, 2.45) is 5.10 Å². The zero-order valence-electron chi connectivity index (χ0n) is 15.1. The van der Waals surface area contributed by atoms with Crippen molar-refractivity contribution in [1.29, 1.82) is 0 Å². The summed E-state index contributed by atoms with van der Waals surface area (Å²) < 4.78 is 179. The Morgan fingerprint density at radius 1 is 0.788 bits per heavy atom. The molecule has 1 aromatic carbocycles. The minimum Gasteiger partial charge on any atom is -0.454 e. The summed E-state index contributed by atoms with van der Waals surface area (Å²) in [6.45, 7) is -0.208. The van der Waals surface area contributed by atoms with Crippen molar-refractivity contribution >= 4 is 12.1 Å². The molecule has 2 rings (SSSR count). The second-order valence-corrected chi connectivity index (χ2v) is 6.18. The van der Waals surface area contributed by atoms with Crippen LogP contribution in [-0.2, 0) is 4.79 Å². The van der Waals surface area contributed by atoms with Crippen molar-refractivity contribution < 1.29 is 71.3 Å². The molecule has 1 N–H and O–H groups in total. The fourth-order valence-corrected chi connectivity index (χ4v) is 2.14. The Hall–Kier alpha value is -2.95. The molecule has 5 nitrogen and oxygen atoms in total. The Morgan fingerprint density at radius 2 is 1.30 bits per heavy atom. The molecule has 0 spiro atoms. The molecule has 0 radical (unpaired) electrons. The van der Waals surface area contributed by atoms with Gasteiger partial charge >= 0.3 is 41.7 Å². The van der Waals surface area contributed by atoms with E-state index in [1.165, 1.54) is 6.07 Å². The number of amides is 1. The first-order chi connectivity index (χ1) is 14.7. The van der Waals surface area contributed by atoms with E-state index in [0.717, 1.165) is 12.1 Å². The Labute approximate surface area is 173 Å². The maximum Gasteiger partial charge on any atom is 0.460 e. The molecule has 18 heteroatoms. The number of ether oxygens (including phenoxy) is 2. The highest BCUT2D eigenvalue weighted by molar-refractivity contribution is 5.87. The van der Waals surface area contributed by atoms with Gasteiger partial charge in [-0.1, -0.05) is 0 Å². The number of hydrogen-bond donors (Lipinski definition) is 1. The van der Waals surface area contributed by atoms with Gasteiger partial charge in [-0.15, -0.1) is 0 Å². The highest BCUT2D eigenvalue weighted by atomic mass is 19.4. The van der Waals surface area contributed by atoms with Crippen LogP contribution in [0.2, 0.25) is 0 Å². The van der Waals surface area contributed by atoms with Gasteiger partial charge in [0.1, 0.15) is 0 Å². The number of hydrogen-bond acceptors (Lipinski definition) is 4. The van der Waals surface area contributed by atoms with Crippen molar-refractivity contribution in [2.45, 2.75) is 35.8 Å². The fourth-order valence-electron chi connectivity index (χ4n) is 2.14. The number of benzene rings is 1. The molecule has 0 atom stereocenters. The number of carbonyl (C=O) groups is 1. The number of hydrazone groups is 1. The molecule has 1 aromatic rings. The Morgan fingerprint density at radius 3 is 1.85 bits per heavy atom. The van der Waals surface area contributed by atoms with E-state index in [1.54, 1.807) is 0 Å². The molecule has 1 heterocycles. The Kier molecular flexibility index (Phi) is 6.24. The lowest BCUT2D eigenvalue weighted by atomic mass is 9.93. The average molecular weight is 510 g/mol. The van der Waals surface area contributed by atoms with Crippen molar-refractivity contribution in [3.8, 4) is 11.5 Å². The van der Waals surface area contributed by atoms with E-state index >= 15 is 0 Å². The van der Waals surface area contributed by atoms with Crippen LogP contribution < -0.4 is 14.9 Å². The van der Waals surface area contributed by atoms with Crippen LogP contribution in [0.5, 0.6) is 11.5 Å². The first-order valence-corrected chi connectivity index (χ1v) is 7.91. The zero-order chi connectivity index (χ0) is 25.7. The molecule has 186 valence electrons. The van der Waals surface area contributed by atoms with Crippen molar-refractivity contribution in [3.05, 3.63) is 23.8 Å². The molecule has 0 fully saturated rings. The lowest BCUT2D eigenvalue weighted by Gasteiger charge is -2.38. The smallest absolute Gasteiger partial charge is 0.454 e. The predicted molar refractivity (Wildman–Crippen MR) is 79.1 cm³/mol. The molecular formula is C15H7F13N2O3. The third-order valence-electron chi connectivity index (χ3n) is 3.99. The molecule has 0 aliphatic carbocycles. The van der Waals surface area contributed by atoms with Gasteiger partial charge in [-0.25, -0.2) is 5.43 Å². The summed E-state index contributed by atoms with van der Waals surface area (Å²) in [5.74, 6) is -41.9. The van der Waals surface area contributed by atoms with Crippen LogP contribution in [0.15, 0.2) is 23.3 Å². The van der Waals surface area contributed by atoms with Crippen molar-refractivity contribution in [2.75, 3.05) is 6.79 Å². The SMILES string of the molecule is O=C(NN=Cc1ccc2c(c1)OCO2)C(F)(F)C(F)(F)C(F)(F)C(F)(F)C(F)(F)C(F)(F)F. The summed E-state index contributed by atoms with van der Waals surface area (Å²) >= 11 is 0. The molecule has 1 amide bonds. The van der Waals surface area contributed by atoms with E-state index in [2.05, 4.69) is 5.10 Å². The number of fused-ring (bicyclic) bond motifs is 1. The normalized spacial score (nSPS) is 15.8. The fraction of sp³-hybridized carbons (Fsp3) is 0.467. The maximum absolute atomic E-state index is 13.6. The molecular weight excluding hydrogens is 503 g/mol. The highest BCUT2D eigenvalue weighted by Gasteiger charge is 2.91. The molecule has 0 bridgehead atoms. The minimum absolute atomic E-state index is 0.0783. The molecule has 0 saturated carbocycles. The van der Waals surface area contributed by atoms with Crippen LogP contribution in [0, 0.1) is 0 Å². The van der Waals surface area contributed by atoms with E-state index in [1.807, 2.05) is 0 Å². The summed E-state index contributed by atoms with van der Waals surface area (Å²) in [6.07, 6.45) is -7.08. The summed E-state index contributed by atoms with van der Waals surface area (Å²) in [7, 11) is 0. The Bertz CT molecular complexity index is 943. The van der Waals surface area contributed by atoms with Gasteiger partial charge in [0, 0.05) is 0 Å². The summed E-state index contributed by atoms with van der Waals surface area (Å²) in [4.78, 5) is 11.2. The monoisotopic (exact) mass is 510 g/mol. The maximum atomic E-state index is 13.6. The first-order valence-electron chi connectivity index (χ1n) is 7.91. The number of rotatable bonds is 7. The topological polar surface area (TPSA) is 59.9 Å². The number of alkyl halides is 13. The van der Waals surface area contributed by atoms with Gasteiger partial charge in [0.05, 0.1) is 6.21 Å². The third kappa shape index (κ3) is 3.98. The van der Waals surface area contributed by atoms with Gasteiger partial charge in [0.25, 0.3) is 0 Å². The predicted octanol–water partition coefficient (Wildman–Crippen LogP) is 4.60. The van der Waals surface area contributed by atoms with Crippen molar-refractivity contribution in [1.82, 2.24) is 5.43 Å². The van der Waals surface area contributed by atoms with Gasteiger partial charge in [-0.2, -0.15) is 62.2 Å². The molecule has 1 aliphatic heterocycles. The van der Waals surface area contributed by atoms with Gasteiger partial charge in [-0.3, -0.25) is 4.79 Å². The van der Waals surface area contributed by atoms with Crippen LogP contribution in [0.4, 0.5) is 57.1 Å². The largest absolute Gasteiger partial charge is 0.460 e. The molecule has 0 saturated heterocycles.